The first-order chi connectivity index (χ1) is 9.47. The second kappa shape index (κ2) is 6.24. The molecule has 104 valence electrons. The number of nitrogen functional groups attached to an aromatic ring is 1. The second-order valence-corrected chi connectivity index (χ2v) is 5.34. The van der Waals surface area contributed by atoms with Crippen LogP contribution in [-0.2, 0) is 11.3 Å². The number of benzene rings is 2. The predicted molar refractivity (Wildman–Crippen MR) is 79.1 cm³/mol. The molecule has 3 nitrogen and oxygen atoms in total. The Morgan fingerprint density at radius 3 is 2.70 bits per heavy atom. The molecule has 2 rings (SSSR count). The van der Waals surface area contributed by atoms with Gasteiger partial charge in [0.05, 0.1) is 5.56 Å². The van der Waals surface area contributed by atoms with Crippen LogP contribution in [0, 0.1) is 5.82 Å². The lowest BCUT2D eigenvalue weighted by Crippen LogP contribution is -2.07. The second-order valence-electron chi connectivity index (χ2n) is 4.05. The van der Waals surface area contributed by atoms with Crippen molar-refractivity contribution >= 4 is 39.2 Å². The summed E-state index contributed by atoms with van der Waals surface area (Å²) in [6.45, 7) is -0.169. The third-order valence-corrected chi connectivity index (χ3v) is 3.56. The molecule has 0 fully saturated rings. The minimum atomic E-state index is -0.571. The molecular formula is C14H10BrClFNO2. The number of rotatable bonds is 3. The molecule has 0 spiro atoms. The van der Waals surface area contributed by atoms with E-state index in [1.807, 2.05) is 0 Å². The van der Waals surface area contributed by atoms with E-state index in [0.717, 1.165) is 0 Å². The van der Waals surface area contributed by atoms with Crippen LogP contribution in [0.25, 0.3) is 0 Å². The fraction of sp³-hybridized carbons (Fsp3) is 0.0714. The first-order valence-corrected chi connectivity index (χ1v) is 6.80. The smallest absolute Gasteiger partial charge is 0.338 e. The van der Waals surface area contributed by atoms with Gasteiger partial charge in [0.25, 0.3) is 0 Å². The highest BCUT2D eigenvalue weighted by Crippen LogP contribution is 2.21. The molecule has 0 radical (unpaired) electrons. The molecule has 2 aromatic carbocycles. The molecule has 0 saturated heterocycles. The Morgan fingerprint density at radius 1 is 1.30 bits per heavy atom. The number of anilines is 1. The fourth-order valence-corrected chi connectivity index (χ4v) is 1.94. The summed E-state index contributed by atoms with van der Waals surface area (Å²) in [6, 6.07) is 8.88. The van der Waals surface area contributed by atoms with Crippen molar-refractivity contribution in [3.8, 4) is 0 Å². The summed E-state index contributed by atoms with van der Waals surface area (Å²) in [7, 11) is 0. The zero-order valence-electron chi connectivity index (χ0n) is 10.2. The Kier molecular flexibility index (Phi) is 4.62. The van der Waals surface area contributed by atoms with Crippen LogP contribution in [0.3, 0.4) is 0 Å². The van der Waals surface area contributed by atoms with Gasteiger partial charge in [-0.2, -0.15) is 0 Å². The average Bonchev–Trinajstić information content (AvgIpc) is 2.40. The van der Waals surface area contributed by atoms with Gasteiger partial charge in [0, 0.05) is 20.7 Å². The van der Waals surface area contributed by atoms with E-state index in [-0.39, 0.29) is 12.2 Å². The van der Waals surface area contributed by atoms with Gasteiger partial charge in [-0.15, -0.1) is 0 Å². The highest BCUT2D eigenvalue weighted by molar-refractivity contribution is 9.10. The van der Waals surface area contributed by atoms with E-state index in [1.165, 1.54) is 24.3 Å². The van der Waals surface area contributed by atoms with Crippen LogP contribution in [0.5, 0.6) is 0 Å². The van der Waals surface area contributed by atoms with E-state index in [1.54, 1.807) is 12.1 Å². The summed E-state index contributed by atoms with van der Waals surface area (Å²) in [6.07, 6.45) is 0. The van der Waals surface area contributed by atoms with Gasteiger partial charge in [-0.1, -0.05) is 17.7 Å². The number of hydrogen-bond acceptors (Lipinski definition) is 3. The lowest BCUT2D eigenvalue weighted by molar-refractivity contribution is 0.0469. The first-order valence-electron chi connectivity index (χ1n) is 5.63. The highest BCUT2D eigenvalue weighted by Gasteiger charge is 2.11. The Balaban J connectivity index is 2.06. The molecule has 0 aromatic heterocycles. The molecule has 0 amide bonds. The number of carbonyl (C=O) groups is 1. The summed E-state index contributed by atoms with van der Waals surface area (Å²) in [5, 5.41) is 0.290. The summed E-state index contributed by atoms with van der Waals surface area (Å²) < 4.78 is 19.2. The molecule has 0 unspecified atom stereocenters. The molecule has 2 N–H and O–H groups in total. The lowest BCUT2D eigenvalue weighted by atomic mass is 10.2. The molecular weight excluding hydrogens is 349 g/mol. The Bertz CT molecular complexity index is 664. The Morgan fingerprint density at radius 2 is 2.05 bits per heavy atom. The van der Waals surface area contributed by atoms with Gasteiger partial charge in [-0.25, -0.2) is 9.18 Å². The van der Waals surface area contributed by atoms with Crippen LogP contribution in [0.4, 0.5) is 10.1 Å². The highest BCUT2D eigenvalue weighted by atomic mass is 79.9. The number of carbonyl (C=O) groups excluding carboxylic acids is 1. The van der Waals surface area contributed by atoms with Gasteiger partial charge in [0.1, 0.15) is 12.4 Å². The van der Waals surface area contributed by atoms with E-state index in [0.29, 0.717) is 20.7 Å². The topological polar surface area (TPSA) is 52.3 Å². The van der Waals surface area contributed by atoms with Gasteiger partial charge < -0.3 is 10.5 Å². The van der Waals surface area contributed by atoms with Crippen molar-refractivity contribution in [2.75, 3.05) is 5.73 Å². The molecule has 0 heterocycles. The predicted octanol–water partition coefficient (Wildman–Crippen LogP) is 4.18. The van der Waals surface area contributed by atoms with Crippen LogP contribution in [0.15, 0.2) is 40.9 Å². The van der Waals surface area contributed by atoms with Crippen LogP contribution in [-0.4, -0.2) is 5.97 Å². The van der Waals surface area contributed by atoms with E-state index >= 15 is 0 Å². The number of hydrogen-bond donors (Lipinski definition) is 1. The molecule has 20 heavy (non-hydrogen) atoms. The number of halogens is 3. The van der Waals surface area contributed by atoms with Crippen molar-refractivity contribution in [3.63, 3.8) is 0 Å². The Hall–Kier alpha value is -1.59. The van der Waals surface area contributed by atoms with Crippen molar-refractivity contribution < 1.29 is 13.9 Å². The SMILES string of the molecule is Nc1cc(C(=O)OCc2ccc(Cl)cc2F)ccc1Br. The van der Waals surface area contributed by atoms with Crippen molar-refractivity contribution in [1.82, 2.24) is 0 Å². The number of ether oxygens (including phenoxy) is 1. The van der Waals surface area contributed by atoms with Gasteiger partial charge >= 0.3 is 5.97 Å². The van der Waals surface area contributed by atoms with Crippen LogP contribution in [0.2, 0.25) is 5.02 Å². The van der Waals surface area contributed by atoms with Gasteiger partial charge in [0.2, 0.25) is 0 Å². The third kappa shape index (κ3) is 3.49. The van der Waals surface area contributed by atoms with E-state index < -0.39 is 11.8 Å². The number of esters is 1. The van der Waals surface area contributed by atoms with E-state index in [9.17, 15) is 9.18 Å². The van der Waals surface area contributed by atoms with E-state index in [4.69, 9.17) is 22.1 Å². The van der Waals surface area contributed by atoms with Crippen LogP contribution in [0.1, 0.15) is 15.9 Å². The molecule has 0 aliphatic heterocycles. The van der Waals surface area contributed by atoms with Gasteiger partial charge in [-0.05, 0) is 46.3 Å². The Labute approximate surface area is 128 Å². The quantitative estimate of drug-likeness (QED) is 0.661. The third-order valence-electron chi connectivity index (χ3n) is 2.61. The summed E-state index contributed by atoms with van der Waals surface area (Å²) in [4.78, 5) is 11.8. The summed E-state index contributed by atoms with van der Waals surface area (Å²) >= 11 is 8.87. The zero-order valence-corrected chi connectivity index (χ0v) is 12.5. The minimum Gasteiger partial charge on any atom is -0.457 e. The van der Waals surface area contributed by atoms with Crippen molar-refractivity contribution in [3.05, 3.63) is 62.8 Å². The van der Waals surface area contributed by atoms with Crippen molar-refractivity contribution in [2.45, 2.75) is 6.61 Å². The molecule has 6 heteroatoms. The largest absolute Gasteiger partial charge is 0.457 e. The van der Waals surface area contributed by atoms with E-state index in [2.05, 4.69) is 15.9 Å². The zero-order chi connectivity index (χ0) is 14.7. The molecule has 0 aliphatic rings. The maximum atomic E-state index is 13.5. The minimum absolute atomic E-state index is 0.169. The summed E-state index contributed by atoms with van der Waals surface area (Å²) in [5.74, 6) is -1.08. The maximum absolute atomic E-state index is 13.5. The summed E-state index contributed by atoms with van der Waals surface area (Å²) in [5.41, 5.74) is 6.67. The molecule has 0 atom stereocenters. The first kappa shape index (κ1) is 14.8. The normalized spacial score (nSPS) is 10.3. The maximum Gasteiger partial charge on any atom is 0.338 e. The molecule has 0 saturated carbocycles. The molecule has 0 bridgehead atoms. The van der Waals surface area contributed by atoms with Crippen molar-refractivity contribution in [2.24, 2.45) is 0 Å². The average molecular weight is 359 g/mol. The van der Waals surface area contributed by atoms with Crippen molar-refractivity contribution in [1.29, 1.82) is 0 Å². The molecule has 2 aromatic rings. The standard InChI is InChI=1S/C14H10BrClFNO2/c15-11-4-2-8(5-13(11)18)14(19)20-7-9-1-3-10(16)6-12(9)17/h1-6H,7,18H2. The van der Waals surface area contributed by atoms with Crippen LogP contribution >= 0.6 is 27.5 Å². The van der Waals surface area contributed by atoms with Gasteiger partial charge in [-0.3, -0.25) is 0 Å². The monoisotopic (exact) mass is 357 g/mol. The fourth-order valence-electron chi connectivity index (χ4n) is 1.54. The lowest BCUT2D eigenvalue weighted by Gasteiger charge is -2.07. The van der Waals surface area contributed by atoms with Crippen LogP contribution < -0.4 is 5.73 Å². The number of nitrogens with two attached hydrogens (primary N) is 1. The van der Waals surface area contributed by atoms with Gasteiger partial charge in [0.15, 0.2) is 0 Å². The molecule has 0 aliphatic carbocycles.